The van der Waals surface area contributed by atoms with Crippen molar-refractivity contribution in [1.82, 2.24) is 0 Å². The van der Waals surface area contributed by atoms with E-state index in [0.29, 0.717) is 5.92 Å². The van der Waals surface area contributed by atoms with Gasteiger partial charge in [0.05, 0.1) is 0 Å². The summed E-state index contributed by atoms with van der Waals surface area (Å²) in [6, 6.07) is 7.92. The Bertz CT molecular complexity index is 340. The predicted octanol–water partition coefficient (Wildman–Crippen LogP) is 3.78. The summed E-state index contributed by atoms with van der Waals surface area (Å²) in [6.45, 7) is 1.77. The fourth-order valence-electron chi connectivity index (χ4n) is 1.76. The number of hydrogen-bond acceptors (Lipinski definition) is 1. The highest BCUT2D eigenvalue weighted by Gasteiger charge is 2.09. The molecule has 0 atom stereocenters. The molecule has 1 heterocycles. The molecule has 1 aliphatic rings. The molecule has 0 unspecified atom stereocenters. The monoisotopic (exact) mass is 222 g/mol. The Labute approximate surface area is 95.7 Å². The van der Waals surface area contributed by atoms with Crippen LogP contribution in [0.25, 0.3) is 6.08 Å². The summed E-state index contributed by atoms with van der Waals surface area (Å²) >= 11 is 6.07. The van der Waals surface area contributed by atoms with Gasteiger partial charge in [-0.3, -0.25) is 0 Å². The molecule has 0 aliphatic carbocycles. The van der Waals surface area contributed by atoms with Crippen LogP contribution in [0.15, 0.2) is 30.3 Å². The number of allylic oxidation sites excluding steroid dienone is 1. The molecule has 0 amide bonds. The van der Waals surface area contributed by atoms with Crippen molar-refractivity contribution in [3.05, 3.63) is 40.9 Å². The topological polar surface area (TPSA) is 9.23 Å². The van der Waals surface area contributed by atoms with Crippen LogP contribution >= 0.6 is 11.6 Å². The molecule has 1 saturated heterocycles. The Morgan fingerprint density at radius 1 is 1.20 bits per heavy atom. The highest BCUT2D eigenvalue weighted by Crippen LogP contribution is 2.20. The van der Waals surface area contributed by atoms with Gasteiger partial charge in [-0.15, -0.1) is 0 Å². The average Bonchev–Trinajstić information content (AvgIpc) is 2.29. The maximum atomic E-state index is 6.07. The molecule has 0 bridgehead atoms. The lowest BCUT2D eigenvalue weighted by Crippen LogP contribution is -2.13. The molecule has 80 valence electrons. The largest absolute Gasteiger partial charge is 0.381 e. The molecule has 0 spiro atoms. The Kier molecular flexibility index (Phi) is 3.81. The zero-order valence-corrected chi connectivity index (χ0v) is 9.41. The van der Waals surface area contributed by atoms with Crippen molar-refractivity contribution in [2.45, 2.75) is 12.8 Å². The first kappa shape index (κ1) is 10.7. The van der Waals surface area contributed by atoms with Gasteiger partial charge in [0, 0.05) is 18.2 Å². The van der Waals surface area contributed by atoms with Crippen LogP contribution in [0, 0.1) is 5.92 Å². The maximum absolute atomic E-state index is 6.07. The van der Waals surface area contributed by atoms with E-state index in [1.54, 1.807) is 0 Å². The highest BCUT2D eigenvalue weighted by molar-refractivity contribution is 6.32. The van der Waals surface area contributed by atoms with Crippen molar-refractivity contribution in [1.29, 1.82) is 0 Å². The lowest BCUT2D eigenvalue weighted by molar-refractivity contribution is 0.0787. The normalized spacial score (nSPS) is 18.5. The first-order chi connectivity index (χ1) is 7.36. The molecule has 0 N–H and O–H groups in total. The standard InChI is InChI=1S/C13H15ClO/c14-13-4-2-1-3-12(13)6-5-11-7-9-15-10-8-11/h1-6,11H,7-10H2/b6-5-. The van der Waals surface area contributed by atoms with E-state index in [9.17, 15) is 0 Å². The summed E-state index contributed by atoms with van der Waals surface area (Å²) in [4.78, 5) is 0. The molecule has 1 aliphatic heterocycles. The van der Waals surface area contributed by atoms with Crippen molar-refractivity contribution in [2.75, 3.05) is 13.2 Å². The van der Waals surface area contributed by atoms with Crippen molar-refractivity contribution in [3.63, 3.8) is 0 Å². The van der Waals surface area contributed by atoms with Gasteiger partial charge in [0.2, 0.25) is 0 Å². The van der Waals surface area contributed by atoms with E-state index in [-0.39, 0.29) is 0 Å². The Morgan fingerprint density at radius 2 is 1.93 bits per heavy atom. The summed E-state index contributed by atoms with van der Waals surface area (Å²) in [7, 11) is 0. The maximum Gasteiger partial charge on any atom is 0.0478 e. The summed E-state index contributed by atoms with van der Waals surface area (Å²) in [5, 5.41) is 0.820. The third-order valence-corrected chi connectivity index (χ3v) is 3.06. The number of halogens is 1. The molecule has 1 aromatic carbocycles. The van der Waals surface area contributed by atoms with Crippen LogP contribution in [0.2, 0.25) is 5.02 Å². The molecule has 2 rings (SSSR count). The van der Waals surface area contributed by atoms with Crippen molar-refractivity contribution >= 4 is 17.7 Å². The van der Waals surface area contributed by atoms with Gasteiger partial charge in [-0.2, -0.15) is 0 Å². The molecule has 1 nitrogen and oxygen atoms in total. The van der Waals surface area contributed by atoms with Crippen molar-refractivity contribution in [3.8, 4) is 0 Å². The predicted molar refractivity (Wildman–Crippen MR) is 64.0 cm³/mol. The number of benzene rings is 1. The minimum Gasteiger partial charge on any atom is -0.381 e. The van der Waals surface area contributed by atoms with Gasteiger partial charge in [-0.1, -0.05) is 42.0 Å². The second-order valence-corrected chi connectivity index (χ2v) is 4.24. The van der Waals surface area contributed by atoms with Gasteiger partial charge in [-0.25, -0.2) is 0 Å². The summed E-state index contributed by atoms with van der Waals surface area (Å²) in [6.07, 6.45) is 6.63. The third kappa shape index (κ3) is 3.08. The van der Waals surface area contributed by atoms with Crippen LogP contribution < -0.4 is 0 Å². The minimum absolute atomic E-state index is 0.648. The molecule has 1 aromatic rings. The van der Waals surface area contributed by atoms with Crippen LogP contribution in [0.5, 0.6) is 0 Å². The van der Waals surface area contributed by atoms with Crippen LogP contribution in [-0.2, 0) is 4.74 Å². The number of ether oxygens (including phenoxy) is 1. The molecule has 0 aromatic heterocycles. The van der Waals surface area contributed by atoms with Crippen LogP contribution in [-0.4, -0.2) is 13.2 Å². The van der Waals surface area contributed by atoms with Crippen molar-refractivity contribution < 1.29 is 4.74 Å². The fourth-order valence-corrected chi connectivity index (χ4v) is 1.96. The van der Waals surface area contributed by atoms with Gasteiger partial charge in [-0.05, 0) is 30.4 Å². The van der Waals surface area contributed by atoms with Gasteiger partial charge >= 0.3 is 0 Å². The Balaban J connectivity index is 2.01. The molecule has 2 heteroatoms. The summed E-state index contributed by atoms with van der Waals surface area (Å²) < 4.78 is 5.32. The van der Waals surface area contributed by atoms with Gasteiger partial charge in [0.15, 0.2) is 0 Å². The van der Waals surface area contributed by atoms with E-state index >= 15 is 0 Å². The zero-order valence-electron chi connectivity index (χ0n) is 8.66. The lowest BCUT2D eigenvalue weighted by atomic mass is 9.99. The van der Waals surface area contributed by atoms with Gasteiger partial charge in [0.1, 0.15) is 0 Å². The fraction of sp³-hybridized carbons (Fsp3) is 0.385. The van der Waals surface area contributed by atoms with E-state index in [1.807, 2.05) is 24.3 Å². The SMILES string of the molecule is Clc1ccccc1/C=C\C1CCOCC1. The van der Waals surface area contributed by atoms with Crippen LogP contribution in [0.4, 0.5) is 0 Å². The molecular weight excluding hydrogens is 208 g/mol. The second kappa shape index (κ2) is 5.34. The van der Waals surface area contributed by atoms with E-state index in [0.717, 1.165) is 36.6 Å². The summed E-state index contributed by atoms with van der Waals surface area (Å²) in [5.41, 5.74) is 1.10. The van der Waals surface area contributed by atoms with Crippen LogP contribution in [0.3, 0.4) is 0 Å². The second-order valence-electron chi connectivity index (χ2n) is 3.83. The third-order valence-electron chi connectivity index (χ3n) is 2.72. The molecule has 0 radical (unpaired) electrons. The highest BCUT2D eigenvalue weighted by atomic mass is 35.5. The molecule has 1 fully saturated rings. The molecular formula is C13H15ClO. The van der Waals surface area contributed by atoms with E-state index in [2.05, 4.69) is 12.2 Å². The Morgan fingerprint density at radius 3 is 2.67 bits per heavy atom. The van der Waals surface area contributed by atoms with Gasteiger partial charge < -0.3 is 4.74 Å². The van der Waals surface area contributed by atoms with Crippen LogP contribution in [0.1, 0.15) is 18.4 Å². The first-order valence-electron chi connectivity index (χ1n) is 5.37. The Hall–Kier alpha value is -0.790. The zero-order chi connectivity index (χ0) is 10.5. The van der Waals surface area contributed by atoms with Gasteiger partial charge in [0.25, 0.3) is 0 Å². The van der Waals surface area contributed by atoms with Crippen molar-refractivity contribution in [2.24, 2.45) is 5.92 Å². The molecule has 0 saturated carbocycles. The average molecular weight is 223 g/mol. The lowest BCUT2D eigenvalue weighted by Gasteiger charge is -2.18. The first-order valence-corrected chi connectivity index (χ1v) is 5.74. The minimum atomic E-state index is 0.648. The van der Waals surface area contributed by atoms with E-state index in [1.165, 1.54) is 0 Å². The van der Waals surface area contributed by atoms with E-state index < -0.39 is 0 Å². The molecule has 15 heavy (non-hydrogen) atoms. The number of hydrogen-bond donors (Lipinski definition) is 0. The summed E-state index contributed by atoms with van der Waals surface area (Å²) in [5.74, 6) is 0.648. The number of rotatable bonds is 2. The smallest absolute Gasteiger partial charge is 0.0478 e. The quantitative estimate of drug-likeness (QED) is 0.740. The van der Waals surface area contributed by atoms with E-state index in [4.69, 9.17) is 16.3 Å².